The molecule has 1 unspecified atom stereocenters. The van der Waals surface area contributed by atoms with Gasteiger partial charge >= 0.3 is 0 Å². The van der Waals surface area contributed by atoms with Crippen molar-refractivity contribution in [3.63, 3.8) is 0 Å². The van der Waals surface area contributed by atoms with Gasteiger partial charge in [0.1, 0.15) is 12.4 Å². The number of pyridine rings is 1. The lowest BCUT2D eigenvalue weighted by molar-refractivity contribution is 0.309. The Hall–Kier alpha value is -2.80. The zero-order valence-corrected chi connectivity index (χ0v) is 16.3. The number of benzene rings is 2. The summed E-state index contributed by atoms with van der Waals surface area (Å²) in [6.45, 7) is 0.385. The second-order valence-electron chi connectivity index (χ2n) is 6.29. The highest BCUT2D eigenvalue weighted by Crippen LogP contribution is 2.35. The summed E-state index contributed by atoms with van der Waals surface area (Å²) < 4.78 is 35.8. The molecule has 0 bridgehead atoms. The maximum atomic E-state index is 11.6. The van der Waals surface area contributed by atoms with Crippen LogP contribution in [0.3, 0.4) is 0 Å². The van der Waals surface area contributed by atoms with Crippen LogP contribution in [0.25, 0.3) is 10.9 Å². The highest BCUT2D eigenvalue weighted by Gasteiger charge is 2.11. The van der Waals surface area contributed by atoms with Gasteiger partial charge in [-0.2, -0.15) is 0 Å². The average molecular weight is 386 g/mol. The number of methoxy groups -OCH3 is 2. The maximum Gasteiger partial charge on any atom is 0.162 e. The van der Waals surface area contributed by atoms with E-state index in [4.69, 9.17) is 19.0 Å². The fourth-order valence-electron chi connectivity index (χ4n) is 2.78. The van der Waals surface area contributed by atoms with Crippen molar-refractivity contribution in [3.8, 4) is 17.2 Å². The summed E-state index contributed by atoms with van der Waals surface area (Å²) >= 11 is 0. The first-order valence-electron chi connectivity index (χ1n) is 8.32. The minimum Gasteiger partial charge on any atom is -0.493 e. The van der Waals surface area contributed by atoms with Gasteiger partial charge in [0.25, 0.3) is 0 Å². The molecule has 0 aliphatic carbocycles. The van der Waals surface area contributed by atoms with Crippen LogP contribution in [0, 0.1) is 4.78 Å². The van der Waals surface area contributed by atoms with E-state index in [-0.39, 0.29) is 5.75 Å². The molecule has 1 N–H and O–H groups in total. The van der Waals surface area contributed by atoms with Crippen LogP contribution in [0.15, 0.2) is 48.7 Å². The average Bonchev–Trinajstić information content (AvgIpc) is 2.65. The predicted octanol–water partition coefficient (Wildman–Crippen LogP) is 4.01. The number of nitrogens with zero attached hydrogens (tertiary/aromatic N) is 1. The smallest absolute Gasteiger partial charge is 0.162 e. The van der Waals surface area contributed by atoms with Gasteiger partial charge in [-0.3, -0.25) is 9.76 Å². The third kappa shape index (κ3) is 4.68. The van der Waals surface area contributed by atoms with Gasteiger partial charge in [0.05, 0.1) is 25.5 Å². The van der Waals surface area contributed by atoms with E-state index in [9.17, 15) is 4.21 Å². The lowest BCUT2D eigenvalue weighted by Crippen LogP contribution is -2.00. The molecule has 1 aromatic heterocycles. The van der Waals surface area contributed by atoms with Crippen LogP contribution in [0.5, 0.6) is 17.2 Å². The molecule has 0 aliphatic rings. The molecule has 0 saturated carbocycles. The largest absolute Gasteiger partial charge is 0.493 e. The number of rotatable bonds is 7. The van der Waals surface area contributed by atoms with Crippen molar-refractivity contribution in [2.45, 2.75) is 12.4 Å². The summed E-state index contributed by atoms with van der Waals surface area (Å²) in [7, 11) is 0.637. The number of fused-ring (bicyclic) bond motifs is 1. The summed E-state index contributed by atoms with van der Waals surface area (Å²) in [6, 6.07) is 13.1. The van der Waals surface area contributed by atoms with E-state index >= 15 is 0 Å². The first kappa shape index (κ1) is 19.0. The molecule has 1 heterocycles. The second-order valence-corrected chi connectivity index (χ2v) is 8.59. The molecule has 3 aromatic rings. The SMILES string of the molecule is COc1cc2nccc(OCc3ccc(CS(C)(=N)=O)cc3)c2cc1OC. The molecular weight excluding hydrogens is 364 g/mol. The van der Waals surface area contributed by atoms with Gasteiger partial charge in [0.2, 0.25) is 0 Å². The van der Waals surface area contributed by atoms with E-state index in [0.29, 0.717) is 23.9 Å². The van der Waals surface area contributed by atoms with Crippen LogP contribution in [0.4, 0.5) is 0 Å². The van der Waals surface area contributed by atoms with E-state index in [1.165, 1.54) is 6.26 Å². The molecule has 142 valence electrons. The van der Waals surface area contributed by atoms with E-state index in [1.807, 2.05) is 42.5 Å². The lowest BCUT2D eigenvalue weighted by Gasteiger charge is -2.12. The van der Waals surface area contributed by atoms with Crippen molar-refractivity contribution in [2.24, 2.45) is 0 Å². The molecular formula is C20H22N2O4S. The Morgan fingerprint density at radius 3 is 2.22 bits per heavy atom. The molecule has 7 heteroatoms. The Morgan fingerprint density at radius 2 is 1.59 bits per heavy atom. The first-order valence-corrected chi connectivity index (χ1v) is 10.5. The Balaban J connectivity index is 1.80. The molecule has 1 atom stereocenters. The molecule has 0 aliphatic heterocycles. The predicted molar refractivity (Wildman–Crippen MR) is 106 cm³/mol. The van der Waals surface area contributed by atoms with Crippen LogP contribution in [-0.4, -0.2) is 29.7 Å². The molecule has 3 rings (SSSR count). The van der Waals surface area contributed by atoms with E-state index < -0.39 is 9.73 Å². The first-order chi connectivity index (χ1) is 12.9. The monoisotopic (exact) mass is 386 g/mol. The fraction of sp³-hybridized carbons (Fsp3) is 0.250. The highest BCUT2D eigenvalue weighted by molar-refractivity contribution is 7.90. The Labute approximate surface area is 159 Å². The summed E-state index contributed by atoms with van der Waals surface area (Å²) in [5.41, 5.74) is 2.62. The van der Waals surface area contributed by atoms with Gasteiger partial charge in [0, 0.05) is 33.6 Å². The van der Waals surface area contributed by atoms with E-state index in [1.54, 1.807) is 20.4 Å². The van der Waals surface area contributed by atoms with Crippen molar-refractivity contribution in [1.82, 2.24) is 4.98 Å². The molecule has 0 amide bonds. The Morgan fingerprint density at radius 1 is 0.963 bits per heavy atom. The normalized spacial score (nSPS) is 13.1. The summed E-state index contributed by atoms with van der Waals surface area (Å²) in [6.07, 6.45) is 3.14. The highest BCUT2D eigenvalue weighted by atomic mass is 32.2. The van der Waals surface area contributed by atoms with E-state index in [2.05, 4.69) is 4.98 Å². The van der Waals surface area contributed by atoms with E-state index in [0.717, 1.165) is 22.0 Å². The van der Waals surface area contributed by atoms with Crippen LogP contribution < -0.4 is 14.2 Å². The second kappa shape index (κ2) is 7.84. The van der Waals surface area contributed by atoms with Crippen molar-refractivity contribution >= 4 is 20.6 Å². The van der Waals surface area contributed by atoms with Gasteiger partial charge in [-0.05, 0) is 23.3 Å². The lowest BCUT2D eigenvalue weighted by atomic mass is 10.1. The fourth-order valence-corrected chi connectivity index (χ4v) is 3.61. The quantitative estimate of drug-likeness (QED) is 0.663. The topological polar surface area (TPSA) is 81.5 Å². The maximum absolute atomic E-state index is 11.6. The van der Waals surface area contributed by atoms with Crippen LogP contribution in [0.2, 0.25) is 0 Å². The van der Waals surface area contributed by atoms with Crippen LogP contribution >= 0.6 is 0 Å². The van der Waals surface area contributed by atoms with Gasteiger partial charge < -0.3 is 14.2 Å². The van der Waals surface area contributed by atoms with Gasteiger partial charge in [-0.25, -0.2) is 4.21 Å². The van der Waals surface area contributed by atoms with Gasteiger partial charge in [-0.15, -0.1) is 0 Å². The van der Waals surface area contributed by atoms with Crippen molar-refractivity contribution in [1.29, 1.82) is 4.78 Å². The number of aromatic nitrogens is 1. The number of nitrogens with one attached hydrogen (secondary N) is 1. The number of hydrogen-bond acceptors (Lipinski definition) is 6. The zero-order valence-electron chi connectivity index (χ0n) is 15.5. The minimum atomic E-state index is -2.54. The minimum absolute atomic E-state index is 0.255. The molecule has 0 saturated heterocycles. The molecule has 27 heavy (non-hydrogen) atoms. The number of hydrogen-bond donors (Lipinski definition) is 1. The third-order valence-corrected chi connectivity index (χ3v) is 4.95. The van der Waals surface area contributed by atoms with Crippen LogP contribution in [0.1, 0.15) is 11.1 Å². The van der Waals surface area contributed by atoms with Crippen molar-refractivity contribution < 1.29 is 18.4 Å². The number of ether oxygens (including phenoxy) is 3. The molecule has 0 spiro atoms. The van der Waals surface area contributed by atoms with Crippen molar-refractivity contribution in [2.75, 3.05) is 20.5 Å². The summed E-state index contributed by atoms with van der Waals surface area (Å²) in [4.78, 5) is 4.37. The van der Waals surface area contributed by atoms with Crippen molar-refractivity contribution in [3.05, 3.63) is 59.8 Å². The standard InChI is InChI=1S/C20H22N2O4S/c1-24-19-10-16-17(11-20(19)25-2)22-9-8-18(16)26-12-14-4-6-15(7-5-14)13-27(3,21)23/h4-11,21H,12-13H2,1-3H3. The Bertz CT molecular complexity index is 1050. The molecule has 0 fully saturated rings. The molecule has 6 nitrogen and oxygen atoms in total. The zero-order chi connectivity index (χ0) is 19.4. The third-order valence-electron chi connectivity index (χ3n) is 4.07. The van der Waals surface area contributed by atoms with Gasteiger partial charge in [0.15, 0.2) is 11.5 Å². The van der Waals surface area contributed by atoms with Gasteiger partial charge in [-0.1, -0.05) is 24.3 Å². The summed E-state index contributed by atoms with van der Waals surface area (Å²) in [5.74, 6) is 2.19. The molecule has 2 aromatic carbocycles. The molecule has 0 radical (unpaired) electrons. The summed E-state index contributed by atoms with van der Waals surface area (Å²) in [5, 5.41) is 0.840. The van der Waals surface area contributed by atoms with Crippen LogP contribution in [-0.2, 0) is 22.1 Å². The Kier molecular flexibility index (Phi) is 5.51.